The van der Waals surface area contributed by atoms with E-state index in [4.69, 9.17) is 9.47 Å². The third-order valence-electron chi connectivity index (χ3n) is 5.90. The zero-order valence-electron chi connectivity index (χ0n) is 17.0. The molecule has 154 valence electrons. The molecule has 4 rings (SSSR count). The number of cyclic esters (lactones) is 1. The number of nitrogens with zero attached hydrogens (tertiary/aromatic N) is 1. The van der Waals surface area contributed by atoms with Gasteiger partial charge < -0.3 is 24.4 Å². The van der Waals surface area contributed by atoms with Gasteiger partial charge in [0.2, 0.25) is 0 Å². The van der Waals surface area contributed by atoms with Crippen molar-refractivity contribution in [3.63, 3.8) is 0 Å². The minimum absolute atomic E-state index is 0.0644. The first-order chi connectivity index (χ1) is 13.8. The van der Waals surface area contributed by atoms with Gasteiger partial charge in [0.25, 0.3) is 11.7 Å². The molecule has 1 fully saturated rings. The molecule has 2 heterocycles. The maximum Gasteiger partial charge on any atom is 0.345 e. The Balaban J connectivity index is 1.55. The van der Waals surface area contributed by atoms with Crippen LogP contribution < -0.4 is 9.80 Å². The molecule has 2 atom stereocenters. The van der Waals surface area contributed by atoms with E-state index in [1.165, 1.54) is 10.6 Å². The second-order valence-electron chi connectivity index (χ2n) is 8.31. The molecule has 0 radical (unpaired) electrons. The van der Waals surface area contributed by atoms with Gasteiger partial charge in [-0.3, -0.25) is 4.79 Å². The third-order valence-corrected chi connectivity index (χ3v) is 5.90. The lowest BCUT2D eigenvalue weighted by Gasteiger charge is -2.38. The highest BCUT2D eigenvalue weighted by molar-refractivity contribution is 6.07. The van der Waals surface area contributed by atoms with Crippen molar-refractivity contribution in [2.75, 3.05) is 31.1 Å². The van der Waals surface area contributed by atoms with E-state index in [9.17, 15) is 14.7 Å². The lowest BCUT2D eigenvalue weighted by atomic mass is 9.89. The number of piperazine rings is 1. The summed E-state index contributed by atoms with van der Waals surface area (Å²) in [6.45, 7) is 8.19. The fourth-order valence-electron chi connectivity index (χ4n) is 4.48. The molecule has 2 aliphatic heterocycles. The number of carbonyl (C=O) groups excluding carboxylic acids is 2. The highest BCUT2D eigenvalue weighted by Crippen LogP contribution is 2.35. The van der Waals surface area contributed by atoms with Gasteiger partial charge in [0.1, 0.15) is 17.5 Å². The summed E-state index contributed by atoms with van der Waals surface area (Å²) in [5, 5.41) is 10.4. The molecule has 1 aliphatic carbocycles. The average Bonchev–Trinajstić information content (AvgIpc) is 2.96. The molecular formula is C22H27N2O5+. The Kier molecular flexibility index (Phi) is 4.86. The van der Waals surface area contributed by atoms with Crippen molar-refractivity contribution in [3.05, 3.63) is 53.5 Å². The molecule has 0 amide bonds. The van der Waals surface area contributed by atoms with Gasteiger partial charge in [-0.2, -0.15) is 0 Å². The van der Waals surface area contributed by atoms with E-state index in [0.29, 0.717) is 5.57 Å². The minimum Gasteiger partial charge on any atom is -0.480 e. The SMILES string of the molecule is CC1=C[C@@H]([NH+]2CCN(c3ccccc3)CC2)[C@H](C2=C(O)OC(C)(C)OC2=O)C1=O. The van der Waals surface area contributed by atoms with Crippen LogP contribution in [0.25, 0.3) is 0 Å². The number of hydrogen-bond acceptors (Lipinski definition) is 6. The Labute approximate surface area is 170 Å². The second-order valence-corrected chi connectivity index (χ2v) is 8.31. The molecular weight excluding hydrogens is 372 g/mol. The first kappa shape index (κ1) is 19.5. The summed E-state index contributed by atoms with van der Waals surface area (Å²) in [6, 6.07) is 10.0. The molecule has 1 aromatic rings. The van der Waals surface area contributed by atoms with Gasteiger partial charge in [0.15, 0.2) is 5.78 Å². The summed E-state index contributed by atoms with van der Waals surface area (Å²) in [5.41, 5.74) is 1.73. The van der Waals surface area contributed by atoms with Crippen LogP contribution >= 0.6 is 0 Å². The van der Waals surface area contributed by atoms with Crippen LogP contribution in [0.2, 0.25) is 0 Å². The Bertz CT molecular complexity index is 882. The van der Waals surface area contributed by atoms with Crippen molar-refractivity contribution in [3.8, 4) is 0 Å². The van der Waals surface area contributed by atoms with Crippen molar-refractivity contribution in [2.24, 2.45) is 5.92 Å². The number of nitrogens with one attached hydrogen (secondary N) is 1. The largest absolute Gasteiger partial charge is 0.480 e. The van der Waals surface area contributed by atoms with Crippen LogP contribution in [0.15, 0.2) is 53.5 Å². The van der Waals surface area contributed by atoms with Crippen molar-refractivity contribution < 1.29 is 29.1 Å². The number of rotatable bonds is 3. The average molecular weight is 399 g/mol. The zero-order valence-corrected chi connectivity index (χ0v) is 17.0. The van der Waals surface area contributed by atoms with Crippen LogP contribution in [-0.4, -0.2) is 54.9 Å². The highest BCUT2D eigenvalue weighted by Gasteiger charge is 2.51. The Morgan fingerprint density at radius 1 is 1.10 bits per heavy atom. The van der Waals surface area contributed by atoms with Crippen LogP contribution in [0.5, 0.6) is 0 Å². The molecule has 7 nitrogen and oxygen atoms in total. The fraction of sp³-hybridized carbons (Fsp3) is 0.455. The topological polar surface area (TPSA) is 80.5 Å². The number of aliphatic hydroxyl groups is 1. The van der Waals surface area contributed by atoms with E-state index in [1.54, 1.807) is 20.8 Å². The maximum absolute atomic E-state index is 12.9. The summed E-state index contributed by atoms with van der Waals surface area (Å²) in [7, 11) is 0. The number of ketones is 1. The predicted octanol–water partition coefficient (Wildman–Crippen LogP) is 0.984. The first-order valence-electron chi connectivity index (χ1n) is 9.99. The number of ether oxygens (including phenoxy) is 2. The van der Waals surface area contributed by atoms with Gasteiger partial charge in [-0.15, -0.1) is 0 Å². The smallest absolute Gasteiger partial charge is 0.345 e. The monoisotopic (exact) mass is 399 g/mol. The molecule has 7 heteroatoms. The van der Waals surface area contributed by atoms with Crippen LogP contribution in [0.1, 0.15) is 20.8 Å². The normalized spacial score (nSPS) is 27.6. The van der Waals surface area contributed by atoms with Gasteiger partial charge in [-0.1, -0.05) is 18.2 Å². The van der Waals surface area contributed by atoms with Gasteiger partial charge in [-0.25, -0.2) is 4.79 Å². The third kappa shape index (κ3) is 3.62. The van der Waals surface area contributed by atoms with Crippen LogP contribution in [0, 0.1) is 5.92 Å². The van der Waals surface area contributed by atoms with E-state index in [1.807, 2.05) is 24.3 Å². The Morgan fingerprint density at radius 2 is 1.76 bits per heavy atom. The maximum atomic E-state index is 12.9. The van der Waals surface area contributed by atoms with E-state index in [0.717, 1.165) is 26.2 Å². The molecule has 0 bridgehead atoms. The Hall–Kier alpha value is -2.80. The molecule has 0 saturated carbocycles. The van der Waals surface area contributed by atoms with Crippen molar-refractivity contribution in [1.29, 1.82) is 0 Å². The molecule has 29 heavy (non-hydrogen) atoms. The fourth-order valence-corrected chi connectivity index (χ4v) is 4.48. The van der Waals surface area contributed by atoms with E-state index < -0.39 is 23.6 Å². The summed E-state index contributed by atoms with van der Waals surface area (Å²) in [4.78, 5) is 29.0. The molecule has 1 aromatic carbocycles. The standard InChI is InChI=1S/C22H26N2O5/c1-14-13-16(24-11-9-23(10-12-24)15-7-5-4-6-8-15)17(19(14)25)18-20(26)28-22(2,3)29-21(18)27/h4-8,13,16-17,26H,9-12H2,1-3H3/p+1/t16-,17-/m1/s1. The van der Waals surface area contributed by atoms with E-state index >= 15 is 0 Å². The molecule has 3 aliphatic rings. The number of Topliss-reactive ketones (excluding diaryl/α,β-unsaturated/α-hetero) is 1. The first-order valence-corrected chi connectivity index (χ1v) is 9.99. The summed E-state index contributed by atoms with van der Waals surface area (Å²) < 4.78 is 10.7. The number of anilines is 1. The lowest BCUT2D eigenvalue weighted by Crippen LogP contribution is -3.18. The number of quaternary nitrogens is 1. The van der Waals surface area contributed by atoms with Gasteiger partial charge in [-0.05, 0) is 30.7 Å². The molecule has 0 aromatic heterocycles. The summed E-state index contributed by atoms with van der Waals surface area (Å²) >= 11 is 0. The van der Waals surface area contributed by atoms with Gasteiger partial charge in [0, 0.05) is 19.5 Å². The number of hydrogen-bond donors (Lipinski definition) is 2. The second kappa shape index (κ2) is 7.22. The number of allylic oxidation sites excluding steroid dienone is 1. The van der Waals surface area contributed by atoms with Crippen LogP contribution in [0.4, 0.5) is 5.69 Å². The number of esters is 1. The molecule has 2 N–H and O–H groups in total. The number of aliphatic hydroxyl groups excluding tert-OH is 1. The zero-order chi connectivity index (χ0) is 20.8. The minimum atomic E-state index is -1.25. The molecule has 1 saturated heterocycles. The van der Waals surface area contributed by atoms with E-state index in [2.05, 4.69) is 17.0 Å². The lowest BCUT2D eigenvalue weighted by molar-refractivity contribution is -0.920. The highest BCUT2D eigenvalue weighted by atomic mass is 16.8. The predicted molar refractivity (Wildman–Crippen MR) is 106 cm³/mol. The number of carbonyl (C=O) groups is 2. The summed E-state index contributed by atoms with van der Waals surface area (Å²) in [6.07, 6.45) is 1.92. The number of para-hydroxylation sites is 1. The molecule has 0 unspecified atom stereocenters. The van der Waals surface area contributed by atoms with Crippen molar-refractivity contribution in [2.45, 2.75) is 32.6 Å². The van der Waals surface area contributed by atoms with Crippen molar-refractivity contribution >= 4 is 17.4 Å². The van der Waals surface area contributed by atoms with E-state index in [-0.39, 0.29) is 17.4 Å². The van der Waals surface area contributed by atoms with Gasteiger partial charge in [0.05, 0.1) is 26.2 Å². The summed E-state index contributed by atoms with van der Waals surface area (Å²) in [5.74, 6) is -3.38. The van der Waals surface area contributed by atoms with Crippen molar-refractivity contribution in [1.82, 2.24) is 0 Å². The Morgan fingerprint density at radius 3 is 2.38 bits per heavy atom. The van der Waals surface area contributed by atoms with Gasteiger partial charge >= 0.3 is 5.97 Å². The molecule has 0 spiro atoms. The number of benzene rings is 1. The quantitative estimate of drug-likeness (QED) is 0.738. The van der Waals surface area contributed by atoms with Crippen LogP contribution in [0.3, 0.4) is 0 Å². The van der Waals surface area contributed by atoms with Crippen LogP contribution in [-0.2, 0) is 19.1 Å².